The standard InChI is InChI=1S/C48H33N3Si/c1-2-17-34(18-3-1)50-42-26-10-14-30-46(42)52(47-31-15-11-27-43(47)50)44-28-12-6-22-38(44)48(39-23-7-13-29-45(39)52)36-20-4-8-24-40(36)51(35-19-16-32-49-33-35)41-25-9-5-21-37(41)48/h1-33H. The Hall–Kier alpha value is -6.49. The molecule has 0 radical (unpaired) electrons. The first kappa shape index (κ1) is 29.3. The van der Waals surface area contributed by atoms with Crippen LogP contribution in [0.1, 0.15) is 22.3 Å². The zero-order valence-corrected chi connectivity index (χ0v) is 29.4. The van der Waals surface area contributed by atoms with Crippen LogP contribution >= 0.6 is 0 Å². The first-order chi connectivity index (χ1) is 25.8. The summed E-state index contributed by atoms with van der Waals surface area (Å²) in [6.45, 7) is 0. The number of hydrogen-bond acceptors (Lipinski definition) is 3. The zero-order chi connectivity index (χ0) is 34.3. The van der Waals surface area contributed by atoms with Crippen LogP contribution in [0.15, 0.2) is 200 Å². The Balaban J connectivity index is 1.31. The minimum absolute atomic E-state index is 0.558. The highest BCUT2D eigenvalue weighted by Gasteiger charge is 2.60. The molecule has 0 fully saturated rings. The molecule has 8 aromatic rings. The fourth-order valence-electron chi connectivity index (χ4n) is 9.84. The van der Waals surface area contributed by atoms with Crippen LogP contribution in [0.4, 0.5) is 34.1 Å². The lowest BCUT2D eigenvalue weighted by Gasteiger charge is -2.55. The van der Waals surface area contributed by atoms with Crippen molar-refractivity contribution in [1.29, 1.82) is 0 Å². The largest absolute Gasteiger partial charge is 0.311 e. The number of hydrogen-bond donors (Lipinski definition) is 0. The summed E-state index contributed by atoms with van der Waals surface area (Å²) < 4.78 is 0. The Bertz CT molecular complexity index is 2340. The summed E-state index contributed by atoms with van der Waals surface area (Å²) in [6, 6.07) is 70.4. The number of aromatic nitrogens is 1. The van der Waals surface area contributed by atoms with Gasteiger partial charge < -0.3 is 9.80 Å². The van der Waals surface area contributed by atoms with Crippen molar-refractivity contribution in [3.05, 3.63) is 223 Å². The Labute approximate surface area is 304 Å². The van der Waals surface area contributed by atoms with E-state index in [0.29, 0.717) is 0 Å². The molecular formula is C48H33N3Si. The van der Waals surface area contributed by atoms with Crippen molar-refractivity contribution < 1.29 is 0 Å². The monoisotopic (exact) mass is 679 g/mol. The minimum atomic E-state index is -2.93. The van der Waals surface area contributed by atoms with Crippen molar-refractivity contribution in [3.63, 3.8) is 0 Å². The number of fused-ring (bicyclic) bond motifs is 14. The number of pyridine rings is 1. The maximum atomic E-state index is 4.57. The van der Waals surface area contributed by atoms with Crippen LogP contribution in [0.2, 0.25) is 0 Å². The maximum absolute atomic E-state index is 4.57. The number of benzene rings is 7. The molecule has 11 rings (SSSR count). The van der Waals surface area contributed by atoms with Crippen LogP contribution in [-0.4, -0.2) is 13.1 Å². The van der Waals surface area contributed by atoms with Gasteiger partial charge in [0.05, 0.1) is 28.7 Å². The van der Waals surface area contributed by atoms with Gasteiger partial charge >= 0.3 is 0 Å². The van der Waals surface area contributed by atoms with E-state index >= 15 is 0 Å². The zero-order valence-electron chi connectivity index (χ0n) is 28.4. The van der Waals surface area contributed by atoms with Crippen molar-refractivity contribution in [1.82, 2.24) is 4.98 Å². The summed E-state index contributed by atoms with van der Waals surface area (Å²) in [5.41, 5.74) is 11.8. The van der Waals surface area contributed by atoms with Crippen molar-refractivity contribution >= 4 is 62.9 Å². The van der Waals surface area contributed by atoms with Gasteiger partial charge in [0.15, 0.2) is 8.07 Å². The van der Waals surface area contributed by atoms with Crippen molar-refractivity contribution in [2.75, 3.05) is 9.80 Å². The highest BCUT2D eigenvalue weighted by molar-refractivity contribution is 7.22. The summed E-state index contributed by atoms with van der Waals surface area (Å²) in [5, 5.41) is 5.73. The molecule has 2 spiro atoms. The molecule has 4 heteroatoms. The molecule has 3 aliphatic heterocycles. The van der Waals surface area contributed by atoms with Gasteiger partial charge in [-0.05, 0) is 91.5 Å². The average Bonchev–Trinajstić information content (AvgIpc) is 3.23. The topological polar surface area (TPSA) is 19.4 Å². The normalized spacial score (nSPS) is 15.2. The molecule has 0 amide bonds. The van der Waals surface area contributed by atoms with Crippen molar-refractivity contribution in [3.8, 4) is 0 Å². The molecule has 0 N–H and O–H groups in total. The number of nitrogens with zero attached hydrogens (tertiary/aromatic N) is 3. The molecule has 3 aliphatic rings. The molecule has 3 nitrogen and oxygen atoms in total. The van der Waals surface area contributed by atoms with Gasteiger partial charge in [-0.1, -0.05) is 140 Å². The van der Waals surface area contributed by atoms with Crippen molar-refractivity contribution in [2.45, 2.75) is 5.41 Å². The van der Waals surface area contributed by atoms with Crippen LogP contribution < -0.4 is 30.5 Å². The summed E-state index contributed by atoms with van der Waals surface area (Å²) in [7, 11) is -2.93. The molecule has 0 atom stereocenters. The molecule has 4 heterocycles. The van der Waals surface area contributed by atoms with Gasteiger partial charge in [0.1, 0.15) is 0 Å². The number of anilines is 6. The summed E-state index contributed by atoms with van der Waals surface area (Å²) in [4.78, 5) is 9.45. The van der Waals surface area contributed by atoms with Gasteiger partial charge in [-0.15, -0.1) is 0 Å². The van der Waals surface area contributed by atoms with Gasteiger partial charge in [0, 0.05) is 23.3 Å². The maximum Gasteiger partial charge on any atom is 0.184 e. The fraction of sp³-hybridized carbons (Fsp3) is 0.0208. The third-order valence-electron chi connectivity index (χ3n) is 11.6. The van der Waals surface area contributed by atoms with E-state index in [1.165, 1.54) is 71.4 Å². The quantitative estimate of drug-likeness (QED) is 0.171. The van der Waals surface area contributed by atoms with E-state index < -0.39 is 13.5 Å². The summed E-state index contributed by atoms with van der Waals surface area (Å²) in [5.74, 6) is 0. The Kier molecular flexibility index (Phi) is 6.19. The predicted molar refractivity (Wildman–Crippen MR) is 216 cm³/mol. The molecule has 1 aromatic heterocycles. The summed E-state index contributed by atoms with van der Waals surface area (Å²) in [6.07, 6.45) is 3.83. The van der Waals surface area contributed by atoms with E-state index in [1.807, 2.05) is 18.5 Å². The van der Waals surface area contributed by atoms with E-state index in [4.69, 9.17) is 0 Å². The molecular weight excluding hydrogens is 647 g/mol. The van der Waals surface area contributed by atoms with Crippen LogP contribution in [-0.2, 0) is 5.41 Å². The molecule has 7 aromatic carbocycles. The summed E-state index contributed by atoms with van der Waals surface area (Å²) >= 11 is 0. The van der Waals surface area contributed by atoms with E-state index in [9.17, 15) is 0 Å². The molecule has 0 unspecified atom stereocenters. The van der Waals surface area contributed by atoms with Crippen molar-refractivity contribution in [2.24, 2.45) is 0 Å². The molecule has 0 saturated carbocycles. The van der Waals surface area contributed by atoms with Crippen LogP contribution in [0.5, 0.6) is 0 Å². The lowest BCUT2D eigenvalue weighted by Crippen LogP contribution is -2.81. The first-order valence-corrected chi connectivity index (χ1v) is 20.0. The van der Waals surface area contributed by atoms with Crippen LogP contribution in [0, 0.1) is 0 Å². The Morgan fingerprint density at radius 1 is 0.346 bits per heavy atom. The first-order valence-electron chi connectivity index (χ1n) is 18.0. The van der Waals surface area contributed by atoms with Gasteiger partial charge in [-0.3, -0.25) is 4.98 Å². The Morgan fingerprint density at radius 2 is 0.750 bits per heavy atom. The van der Waals surface area contributed by atoms with E-state index in [0.717, 1.165) is 5.69 Å². The van der Waals surface area contributed by atoms with Gasteiger partial charge in [0.2, 0.25) is 0 Å². The Morgan fingerprint density at radius 3 is 1.27 bits per heavy atom. The molecule has 244 valence electrons. The second kappa shape index (κ2) is 11.0. The second-order valence-corrected chi connectivity index (χ2v) is 17.5. The highest BCUT2D eigenvalue weighted by atomic mass is 28.3. The molecule has 0 bridgehead atoms. The molecule has 0 aliphatic carbocycles. The van der Waals surface area contributed by atoms with Gasteiger partial charge in [0.25, 0.3) is 0 Å². The third kappa shape index (κ3) is 3.61. The van der Waals surface area contributed by atoms with E-state index in [2.05, 4.69) is 197 Å². The fourth-order valence-corrected chi connectivity index (χ4v) is 15.5. The second-order valence-electron chi connectivity index (χ2n) is 13.9. The van der Waals surface area contributed by atoms with E-state index in [-0.39, 0.29) is 0 Å². The third-order valence-corrected chi connectivity index (χ3v) is 16.5. The number of para-hydroxylation sites is 5. The highest BCUT2D eigenvalue weighted by Crippen LogP contribution is 2.58. The van der Waals surface area contributed by atoms with Gasteiger partial charge in [-0.25, -0.2) is 0 Å². The smallest absolute Gasteiger partial charge is 0.184 e. The predicted octanol–water partition coefficient (Wildman–Crippen LogP) is 8.72. The van der Waals surface area contributed by atoms with Crippen LogP contribution in [0.25, 0.3) is 0 Å². The molecule has 0 saturated heterocycles. The average molecular weight is 680 g/mol. The molecule has 52 heavy (non-hydrogen) atoms. The lowest BCUT2D eigenvalue weighted by molar-refractivity contribution is 0.736. The van der Waals surface area contributed by atoms with Crippen LogP contribution in [0.3, 0.4) is 0 Å². The SMILES string of the molecule is c1ccc(N2c3ccccc3[Si]3(c4ccccc42)c2ccccc2C2(c4ccccc4N(c4cccnc4)c4ccccc42)c2ccccc23)cc1. The van der Waals surface area contributed by atoms with Gasteiger partial charge in [-0.2, -0.15) is 0 Å². The number of rotatable bonds is 2. The lowest BCUT2D eigenvalue weighted by atomic mass is 9.62. The van der Waals surface area contributed by atoms with E-state index in [1.54, 1.807) is 0 Å². The minimum Gasteiger partial charge on any atom is -0.311 e.